The zero-order chi connectivity index (χ0) is 14.9. The monoisotopic (exact) mass is 340 g/mol. The highest BCUT2D eigenvalue weighted by molar-refractivity contribution is 9.10. The fourth-order valence-electron chi connectivity index (χ4n) is 3.01. The van der Waals surface area contributed by atoms with Crippen LogP contribution in [0.2, 0.25) is 0 Å². The lowest BCUT2D eigenvalue weighted by Crippen LogP contribution is -2.31. The molecule has 1 aromatic rings. The molecule has 1 aliphatic carbocycles. The van der Waals surface area contributed by atoms with Gasteiger partial charge in [-0.25, -0.2) is 0 Å². The number of hydrogen-bond donors (Lipinski definition) is 1. The van der Waals surface area contributed by atoms with Crippen LogP contribution in [0, 0.1) is 22.5 Å². The highest BCUT2D eigenvalue weighted by Crippen LogP contribution is 2.38. The lowest BCUT2D eigenvalue weighted by Gasteiger charge is -2.36. The highest BCUT2D eigenvalue weighted by Gasteiger charge is 2.28. The molecular weight excluding hydrogens is 320 g/mol. The summed E-state index contributed by atoms with van der Waals surface area (Å²) < 4.78 is 0.893. The molecule has 0 spiro atoms. The Hall–Kier alpha value is -1.10. The molecule has 1 N–H and O–H groups in total. The van der Waals surface area contributed by atoms with Crippen LogP contribution in [-0.4, -0.2) is 11.0 Å². The predicted octanol–water partition coefficient (Wildman–Crippen LogP) is 5.05. The Morgan fingerprint density at radius 3 is 2.75 bits per heavy atom. The minimum Gasteiger partial charge on any atom is -0.381 e. The topological polar surface area (TPSA) is 55.2 Å². The van der Waals surface area contributed by atoms with Crippen molar-refractivity contribution in [3.63, 3.8) is 0 Å². The molecule has 110 valence electrons. The summed E-state index contributed by atoms with van der Waals surface area (Å²) in [5.74, 6) is 0. The average molecular weight is 341 g/mol. The van der Waals surface area contributed by atoms with E-state index >= 15 is 0 Å². The second-order valence-corrected chi connectivity index (χ2v) is 7.33. The molecule has 4 nitrogen and oxygen atoms in total. The number of nitro groups is 1. The Labute approximate surface area is 128 Å². The molecule has 0 radical (unpaired) electrons. The summed E-state index contributed by atoms with van der Waals surface area (Å²) in [7, 11) is 0. The van der Waals surface area contributed by atoms with Crippen LogP contribution < -0.4 is 5.32 Å². The molecule has 1 fully saturated rings. The number of anilines is 1. The molecule has 0 aromatic heterocycles. The number of nitrogens with zero attached hydrogens (tertiary/aromatic N) is 1. The average Bonchev–Trinajstić information content (AvgIpc) is 2.31. The van der Waals surface area contributed by atoms with Gasteiger partial charge in [-0.05, 0) is 53.6 Å². The predicted molar refractivity (Wildman–Crippen MR) is 85.2 cm³/mol. The third-order valence-corrected chi connectivity index (χ3v) is 4.70. The summed E-state index contributed by atoms with van der Waals surface area (Å²) in [5, 5.41) is 14.5. The van der Waals surface area contributed by atoms with Crippen molar-refractivity contribution in [3.05, 3.63) is 32.3 Å². The lowest BCUT2D eigenvalue weighted by atomic mass is 9.75. The standard InChI is InChI=1S/C15H21BrN2O2/c1-10-7-12(16)13(8-14(10)18(19)20)17-11-5-4-6-15(2,3)9-11/h7-8,11,17H,4-6,9H2,1-3H3. The van der Waals surface area contributed by atoms with Crippen molar-refractivity contribution in [2.75, 3.05) is 5.32 Å². The van der Waals surface area contributed by atoms with Crippen LogP contribution >= 0.6 is 15.9 Å². The summed E-state index contributed by atoms with van der Waals surface area (Å²) in [4.78, 5) is 10.7. The van der Waals surface area contributed by atoms with E-state index in [-0.39, 0.29) is 10.6 Å². The van der Waals surface area contributed by atoms with Crippen molar-refractivity contribution in [3.8, 4) is 0 Å². The van der Waals surface area contributed by atoms with Crippen molar-refractivity contribution in [1.82, 2.24) is 0 Å². The van der Waals surface area contributed by atoms with Gasteiger partial charge in [0.25, 0.3) is 5.69 Å². The third kappa shape index (κ3) is 3.51. The largest absolute Gasteiger partial charge is 0.381 e. The Morgan fingerprint density at radius 1 is 1.45 bits per heavy atom. The van der Waals surface area contributed by atoms with Crippen molar-refractivity contribution in [1.29, 1.82) is 0 Å². The Morgan fingerprint density at radius 2 is 2.15 bits per heavy atom. The van der Waals surface area contributed by atoms with Crippen LogP contribution in [0.5, 0.6) is 0 Å². The smallest absolute Gasteiger partial charge is 0.274 e. The van der Waals surface area contributed by atoms with Crippen LogP contribution in [0.1, 0.15) is 45.1 Å². The zero-order valence-electron chi connectivity index (χ0n) is 12.2. The summed E-state index contributed by atoms with van der Waals surface area (Å²) in [6, 6.07) is 3.84. The maximum absolute atomic E-state index is 11.0. The quantitative estimate of drug-likeness (QED) is 0.618. The summed E-state index contributed by atoms with van der Waals surface area (Å²) in [5.41, 5.74) is 2.02. The van der Waals surface area contributed by atoms with Gasteiger partial charge in [0.15, 0.2) is 0 Å². The van der Waals surface area contributed by atoms with Crippen molar-refractivity contribution < 1.29 is 4.92 Å². The van der Waals surface area contributed by atoms with Crippen LogP contribution in [0.3, 0.4) is 0 Å². The summed E-state index contributed by atoms with van der Waals surface area (Å²) in [6.45, 7) is 6.33. The van der Waals surface area contributed by atoms with Gasteiger partial charge in [-0.15, -0.1) is 0 Å². The van der Waals surface area contributed by atoms with Gasteiger partial charge in [-0.2, -0.15) is 0 Å². The first kappa shape index (κ1) is 15.3. The maximum Gasteiger partial charge on any atom is 0.274 e. The SMILES string of the molecule is Cc1cc(Br)c(NC2CCCC(C)(C)C2)cc1[N+](=O)[O-]. The van der Waals surface area contributed by atoms with Crippen molar-refractivity contribution >= 4 is 27.3 Å². The molecule has 0 amide bonds. The van der Waals surface area contributed by atoms with Crippen molar-refractivity contribution in [2.24, 2.45) is 5.41 Å². The minimum atomic E-state index is -0.322. The first-order chi connectivity index (χ1) is 9.28. The van der Waals surface area contributed by atoms with E-state index in [9.17, 15) is 10.1 Å². The summed E-state index contributed by atoms with van der Waals surface area (Å²) in [6.07, 6.45) is 4.68. The maximum atomic E-state index is 11.0. The normalized spacial score (nSPS) is 21.5. The molecule has 0 heterocycles. The van der Waals surface area contributed by atoms with Gasteiger partial charge in [-0.3, -0.25) is 10.1 Å². The van der Waals surface area contributed by atoms with Gasteiger partial charge >= 0.3 is 0 Å². The molecule has 1 aromatic carbocycles. The van der Waals surface area contributed by atoms with E-state index in [4.69, 9.17) is 0 Å². The van der Waals surface area contributed by atoms with Crippen LogP contribution in [0.25, 0.3) is 0 Å². The van der Waals surface area contributed by atoms with Gasteiger partial charge in [0.05, 0.1) is 10.6 Å². The van der Waals surface area contributed by atoms with E-state index in [2.05, 4.69) is 35.1 Å². The van der Waals surface area contributed by atoms with Gasteiger partial charge in [0, 0.05) is 22.1 Å². The van der Waals surface area contributed by atoms with Gasteiger partial charge in [-0.1, -0.05) is 20.3 Å². The molecule has 0 saturated heterocycles. The Bertz CT molecular complexity index is 529. The molecule has 1 saturated carbocycles. The molecule has 20 heavy (non-hydrogen) atoms. The van der Waals surface area contributed by atoms with E-state index in [0.29, 0.717) is 17.0 Å². The number of hydrogen-bond acceptors (Lipinski definition) is 3. The van der Waals surface area contributed by atoms with E-state index in [1.54, 1.807) is 13.0 Å². The lowest BCUT2D eigenvalue weighted by molar-refractivity contribution is -0.385. The number of aryl methyl sites for hydroxylation is 1. The first-order valence-electron chi connectivity index (χ1n) is 6.99. The van der Waals surface area contributed by atoms with E-state index < -0.39 is 0 Å². The second-order valence-electron chi connectivity index (χ2n) is 6.48. The second kappa shape index (κ2) is 5.72. The van der Waals surface area contributed by atoms with Gasteiger partial charge in [0.2, 0.25) is 0 Å². The highest BCUT2D eigenvalue weighted by atomic mass is 79.9. The van der Waals surface area contributed by atoms with Gasteiger partial charge < -0.3 is 5.32 Å². The molecular formula is C15H21BrN2O2. The molecule has 2 rings (SSSR count). The van der Waals surface area contributed by atoms with Crippen LogP contribution in [0.4, 0.5) is 11.4 Å². The fraction of sp³-hybridized carbons (Fsp3) is 0.600. The molecule has 0 bridgehead atoms. The molecule has 5 heteroatoms. The Balaban J connectivity index is 2.21. The number of nitrogens with one attached hydrogen (secondary N) is 1. The number of benzene rings is 1. The van der Waals surface area contributed by atoms with E-state index in [1.807, 2.05) is 6.07 Å². The fourth-order valence-corrected chi connectivity index (χ4v) is 3.58. The van der Waals surface area contributed by atoms with E-state index in [1.165, 1.54) is 12.8 Å². The molecule has 1 unspecified atom stereocenters. The van der Waals surface area contributed by atoms with Crippen LogP contribution in [-0.2, 0) is 0 Å². The first-order valence-corrected chi connectivity index (χ1v) is 7.79. The molecule has 1 aliphatic rings. The number of rotatable bonds is 3. The molecule has 1 atom stereocenters. The Kier molecular flexibility index (Phi) is 4.37. The van der Waals surface area contributed by atoms with Crippen molar-refractivity contribution in [2.45, 2.75) is 52.5 Å². The minimum absolute atomic E-state index is 0.172. The van der Waals surface area contributed by atoms with Gasteiger partial charge in [0.1, 0.15) is 0 Å². The zero-order valence-corrected chi connectivity index (χ0v) is 13.8. The third-order valence-electron chi connectivity index (χ3n) is 4.05. The number of halogens is 1. The molecule has 0 aliphatic heterocycles. The van der Waals surface area contributed by atoms with Crippen LogP contribution in [0.15, 0.2) is 16.6 Å². The van der Waals surface area contributed by atoms with E-state index in [0.717, 1.165) is 23.0 Å². The summed E-state index contributed by atoms with van der Waals surface area (Å²) >= 11 is 3.50. The number of nitro benzene ring substituents is 1.